The standard InChI is InChI=1S/C19H34N6O2/c1-5-20-19(21-9-7-11-24-10-6-8-18(24)26)22-14-17-15(2)23-25(16(17)3)12-13-27-4/h5-14H2,1-4H3,(H2,20,21,22). The Morgan fingerprint density at radius 2 is 2.11 bits per heavy atom. The smallest absolute Gasteiger partial charge is 0.222 e. The Hall–Kier alpha value is -2.09. The monoisotopic (exact) mass is 378 g/mol. The topological polar surface area (TPSA) is 83.8 Å². The van der Waals surface area contributed by atoms with Gasteiger partial charge in [0.15, 0.2) is 5.96 Å². The second-order valence-electron chi connectivity index (χ2n) is 6.83. The van der Waals surface area contributed by atoms with Crippen LogP contribution in [-0.4, -0.2) is 66.4 Å². The maximum atomic E-state index is 11.6. The maximum absolute atomic E-state index is 11.6. The predicted octanol–water partition coefficient (Wildman–Crippen LogP) is 1.21. The van der Waals surface area contributed by atoms with Crippen LogP contribution in [0.25, 0.3) is 0 Å². The molecule has 2 N–H and O–H groups in total. The summed E-state index contributed by atoms with van der Waals surface area (Å²) in [5.74, 6) is 1.08. The molecule has 1 fully saturated rings. The van der Waals surface area contributed by atoms with E-state index in [0.29, 0.717) is 19.6 Å². The van der Waals surface area contributed by atoms with Crippen molar-refractivity contribution in [2.75, 3.05) is 39.9 Å². The molecule has 0 bridgehead atoms. The number of carbonyl (C=O) groups excluding carboxylic acids is 1. The fraction of sp³-hybridized carbons (Fsp3) is 0.737. The highest BCUT2D eigenvalue weighted by atomic mass is 16.5. The number of hydrogen-bond acceptors (Lipinski definition) is 4. The Kier molecular flexibility index (Phi) is 8.57. The average molecular weight is 379 g/mol. The Morgan fingerprint density at radius 3 is 2.78 bits per heavy atom. The van der Waals surface area contributed by atoms with Crippen molar-refractivity contribution in [2.24, 2.45) is 4.99 Å². The molecule has 0 saturated carbocycles. The van der Waals surface area contributed by atoms with E-state index in [9.17, 15) is 4.79 Å². The van der Waals surface area contributed by atoms with Crippen LogP contribution in [0.3, 0.4) is 0 Å². The minimum atomic E-state index is 0.284. The normalized spacial score (nSPS) is 14.9. The Labute approximate surface area is 162 Å². The molecule has 8 heteroatoms. The zero-order chi connectivity index (χ0) is 19.6. The molecule has 2 rings (SSSR count). The van der Waals surface area contributed by atoms with Crippen LogP contribution in [-0.2, 0) is 22.6 Å². The van der Waals surface area contributed by atoms with Crippen molar-refractivity contribution in [1.29, 1.82) is 0 Å². The van der Waals surface area contributed by atoms with E-state index in [0.717, 1.165) is 68.5 Å². The van der Waals surface area contributed by atoms with Gasteiger partial charge < -0.3 is 20.3 Å². The van der Waals surface area contributed by atoms with Crippen molar-refractivity contribution in [3.05, 3.63) is 17.0 Å². The first-order valence-electron chi connectivity index (χ1n) is 9.88. The fourth-order valence-electron chi connectivity index (χ4n) is 3.28. The summed E-state index contributed by atoms with van der Waals surface area (Å²) >= 11 is 0. The third-order valence-corrected chi connectivity index (χ3v) is 4.85. The van der Waals surface area contributed by atoms with Gasteiger partial charge in [-0.1, -0.05) is 0 Å². The molecule has 152 valence electrons. The molecule has 1 aliphatic rings. The van der Waals surface area contributed by atoms with E-state index in [4.69, 9.17) is 9.73 Å². The zero-order valence-electron chi connectivity index (χ0n) is 17.2. The third-order valence-electron chi connectivity index (χ3n) is 4.85. The number of nitrogens with zero attached hydrogens (tertiary/aromatic N) is 4. The third kappa shape index (κ3) is 6.23. The van der Waals surface area contributed by atoms with Gasteiger partial charge in [-0.05, 0) is 33.6 Å². The molecule has 1 aromatic rings. The molecule has 0 radical (unpaired) electrons. The second kappa shape index (κ2) is 10.9. The first-order valence-corrected chi connectivity index (χ1v) is 9.88. The van der Waals surface area contributed by atoms with Gasteiger partial charge in [-0.25, -0.2) is 4.99 Å². The summed E-state index contributed by atoms with van der Waals surface area (Å²) in [6, 6.07) is 0. The van der Waals surface area contributed by atoms with Crippen molar-refractivity contribution >= 4 is 11.9 Å². The number of aryl methyl sites for hydroxylation is 1. The number of nitrogens with one attached hydrogen (secondary N) is 2. The van der Waals surface area contributed by atoms with Crippen LogP contribution < -0.4 is 10.6 Å². The van der Waals surface area contributed by atoms with Gasteiger partial charge in [0, 0.05) is 51.0 Å². The molecule has 0 aromatic carbocycles. The zero-order valence-corrected chi connectivity index (χ0v) is 17.2. The summed E-state index contributed by atoms with van der Waals surface area (Å²) in [6.07, 6.45) is 2.62. The molecule has 0 unspecified atom stereocenters. The Bertz CT molecular complexity index is 640. The summed E-state index contributed by atoms with van der Waals surface area (Å²) in [6.45, 7) is 11.5. The number of methoxy groups -OCH3 is 1. The van der Waals surface area contributed by atoms with Gasteiger partial charge in [0.1, 0.15) is 0 Å². The number of hydrogen-bond donors (Lipinski definition) is 2. The minimum Gasteiger partial charge on any atom is -0.383 e. The molecule has 27 heavy (non-hydrogen) atoms. The van der Waals surface area contributed by atoms with Gasteiger partial charge in [0.05, 0.1) is 25.4 Å². The van der Waals surface area contributed by atoms with E-state index in [-0.39, 0.29) is 5.91 Å². The molecule has 0 aliphatic carbocycles. The van der Waals surface area contributed by atoms with Crippen LogP contribution in [0.1, 0.15) is 43.1 Å². The van der Waals surface area contributed by atoms with Crippen molar-refractivity contribution in [3.8, 4) is 0 Å². The number of amides is 1. The van der Waals surface area contributed by atoms with Gasteiger partial charge in [-0.15, -0.1) is 0 Å². The highest BCUT2D eigenvalue weighted by molar-refractivity contribution is 5.80. The Morgan fingerprint density at radius 1 is 1.30 bits per heavy atom. The van der Waals surface area contributed by atoms with E-state index in [2.05, 4.69) is 29.6 Å². The fourth-order valence-corrected chi connectivity index (χ4v) is 3.28. The lowest BCUT2D eigenvalue weighted by atomic mass is 10.2. The number of likely N-dealkylation sites (tertiary alicyclic amines) is 1. The molecular formula is C19H34N6O2. The first kappa shape index (κ1) is 21.2. The van der Waals surface area contributed by atoms with Crippen LogP contribution in [0.5, 0.6) is 0 Å². The molecular weight excluding hydrogens is 344 g/mol. The average Bonchev–Trinajstić information content (AvgIpc) is 3.17. The first-order chi connectivity index (χ1) is 13.1. The van der Waals surface area contributed by atoms with Crippen LogP contribution in [0.4, 0.5) is 0 Å². The van der Waals surface area contributed by atoms with Crippen molar-refractivity contribution in [3.63, 3.8) is 0 Å². The van der Waals surface area contributed by atoms with E-state index >= 15 is 0 Å². The van der Waals surface area contributed by atoms with Gasteiger partial charge >= 0.3 is 0 Å². The summed E-state index contributed by atoms with van der Waals surface area (Å²) in [5.41, 5.74) is 3.30. The largest absolute Gasteiger partial charge is 0.383 e. The number of aliphatic imine (C=N–C) groups is 1. The lowest BCUT2D eigenvalue weighted by Crippen LogP contribution is -2.39. The van der Waals surface area contributed by atoms with E-state index < -0.39 is 0 Å². The highest BCUT2D eigenvalue weighted by Gasteiger charge is 2.19. The quantitative estimate of drug-likeness (QED) is 0.363. The maximum Gasteiger partial charge on any atom is 0.222 e. The van der Waals surface area contributed by atoms with Gasteiger partial charge in [0.25, 0.3) is 0 Å². The van der Waals surface area contributed by atoms with Crippen LogP contribution >= 0.6 is 0 Å². The number of carbonyl (C=O) groups is 1. The molecule has 1 saturated heterocycles. The highest BCUT2D eigenvalue weighted by Crippen LogP contribution is 2.14. The van der Waals surface area contributed by atoms with Crippen molar-refractivity contribution in [1.82, 2.24) is 25.3 Å². The summed E-state index contributed by atoms with van der Waals surface area (Å²) in [4.78, 5) is 18.3. The van der Waals surface area contributed by atoms with Crippen LogP contribution in [0.15, 0.2) is 4.99 Å². The number of ether oxygens (including phenoxy) is 1. The number of guanidine groups is 1. The molecule has 1 amide bonds. The second-order valence-corrected chi connectivity index (χ2v) is 6.83. The molecule has 8 nitrogen and oxygen atoms in total. The van der Waals surface area contributed by atoms with Gasteiger partial charge in [-0.2, -0.15) is 5.10 Å². The van der Waals surface area contributed by atoms with E-state index in [1.165, 1.54) is 0 Å². The van der Waals surface area contributed by atoms with E-state index in [1.807, 2.05) is 16.5 Å². The number of aromatic nitrogens is 2. The molecule has 0 atom stereocenters. The molecule has 1 aromatic heterocycles. The predicted molar refractivity (Wildman–Crippen MR) is 107 cm³/mol. The van der Waals surface area contributed by atoms with Gasteiger partial charge in [-0.3, -0.25) is 9.48 Å². The van der Waals surface area contributed by atoms with Crippen molar-refractivity contribution in [2.45, 2.75) is 53.1 Å². The SMILES string of the molecule is CCNC(=NCc1c(C)nn(CCOC)c1C)NCCCN1CCCC1=O. The summed E-state index contributed by atoms with van der Waals surface area (Å²) in [5, 5.41) is 11.2. The van der Waals surface area contributed by atoms with E-state index in [1.54, 1.807) is 7.11 Å². The van der Waals surface area contributed by atoms with Crippen LogP contribution in [0, 0.1) is 13.8 Å². The molecule has 2 heterocycles. The lowest BCUT2D eigenvalue weighted by molar-refractivity contribution is -0.127. The number of rotatable bonds is 10. The van der Waals surface area contributed by atoms with Crippen LogP contribution in [0.2, 0.25) is 0 Å². The minimum absolute atomic E-state index is 0.284. The summed E-state index contributed by atoms with van der Waals surface area (Å²) in [7, 11) is 1.70. The van der Waals surface area contributed by atoms with Crippen molar-refractivity contribution < 1.29 is 9.53 Å². The molecule has 0 spiro atoms. The summed E-state index contributed by atoms with van der Waals surface area (Å²) < 4.78 is 7.13. The molecule has 1 aliphatic heterocycles. The Balaban J connectivity index is 1.87. The lowest BCUT2D eigenvalue weighted by Gasteiger charge is -2.16. The van der Waals surface area contributed by atoms with Gasteiger partial charge in [0.2, 0.25) is 5.91 Å².